The number of aromatic nitrogens is 2. The lowest BCUT2D eigenvalue weighted by Crippen LogP contribution is -2.03. The Morgan fingerprint density at radius 2 is 1.94 bits per heavy atom. The lowest BCUT2D eigenvalue weighted by Gasteiger charge is -2.07. The van der Waals surface area contributed by atoms with Crippen LogP contribution in [0.15, 0.2) is 30.3 Å². The molecule has 0 aliphatic carbocycles. The first kappa shape index (κ1) is 12.8. The first-order chi connectivity index (χ1) is 8.70. The number of hydrogen-bond acceptors (Lipinski definition) is 2. The van der Waals surface area contributed by atoms with Crippen molar-refractivity contribution in [2.75, 3.05) is 6.61 Å². The highest BCUT2D eigenvalue weighted by atomic mass is 19.1. The van der Waals surface area contributed by atoms with Gasteiger partial charge >= 0.3 is 0 Å². The molecule has 1 heterocycles. The molecule has 0 fully saturated rings. The van der Waals surface area contributed by atoms with E-state index < -0.39 is 0 Å². The third-order valence-corrected chi connectivity index (χ3v) is 2.82. The molecular weight excluding hydrogens is 231 g/mol. The number of rotatable bonds is 5. The summed E-state index contributed by atoms with van der Waals surface area (Å²) >= 11 is 0. The van der Waals surface area contributed by atoms with Crippen molar-refractivity contribution in [1.29, 1.82) is 0 Å². The summed E-state index contributed by atoms with van der Waals surface area (Å²) in [5.74, 6) is -0.234. The van der Waals surface area contributed by atoms with Crippen molar-refractivity contribution in [3.63, 3.8) is 0 Å². The van der Waals surface area contributed by atoms with Crippen LogP contribution in [0, 0.1) is 12.7 Å². The zero-order valence-corrected chi connectivity index (χ0v) is 10.4. The average Bonchev–Trinajstić information content (AvgIpc) is 2.72. The standard InChI is InChI=1S/C14H17FN2O/c1-11-10-14(12-4-6-13(15)7-5-12)17(16-11)8-2-3-9-18/h4-7,10,18H,2-3,8-9H2,1H3. The number of halogens is 1. The van der Waals surface area contributed by atoms with Crippen molar-refractivity contribution in [3.05, 3.63) is 41.8 Å². The van der Waals surface area contributed by atoms with E-state index in [1.165, 1.54) is 12.1 Å². The molecule has 18 heavy (non-hydrogen) atoms. The van der Waals surface area contributed by atoms with Crippen LogP contribution < -0.4 is 0 Å². The number of nitrogens with zero attached hydrogens (tertiary/aromatic N) is 2. The molecule has 0 spiro atoms. The predicted octanol–water partition coefficient (Wildman–Crippen LogP) is 2.77. The molecule has 0 amide bonds. The fourth-order valence-corrected chi connectivity index (χ4v) is 1.94. The van der Waals surface area contributed by atoms with Gasteiger partial charge in [-0.05, 0) is 55.7 Å². The topological polar surface area (TPSA) is 38.0 Å². The summed E-state index contributed by atoms with van der Waals surface area (Å²) in [7, 11) is 0. The van der Waals surface area contributed by atoms with E-state index in [9.17, 15) is 4.39 Å². The van der Waals surface area contributed by atoms with Gasteiger partial charge in [0.1, 0.15) is 5.82 Å². The molecule has 0 unspecified atom stereocenters. The van der Waals surface area contributed by atoms with Gasteiger partial charge in [-0.3, -0.25) is 4.68 Å². The molecule has 0 bridgehead atoms. The Labute approximate surface area is 106 Å². The summed E-state index contributed by atoms with van der Waals surface area (Å²) in [6.45, 7) is 2.91. The number of aliphatic hydroxyl groups excluding tert-OH is 1. The first-order valence-electron chi connectivity index (χ1n) is 6.12. The molecule has 4 heteroatoms. The van der Waals surface area contributed by atoms with E-state index in [-0.39, 0.29) is 12.4 Å². The van der Waals surface area contributed by atoms with E-state index in [2.05, 4.69) is 5.10 Å². The van der Waals surface area contributed by atoms with Crippen LogP contribution in [0.5, 0.6) is 0 Å². The van der Waals surface area contributed by atoms with Gasteiger partial charge in [0.05, 0.1) is 11.4 Å². The second kappa shape index (κ2) is 5.78. The van der Waals surface area contributed by atoms with Crippen LogP contribution in [0.25, 0.3) is 11.3 Å². The second-order valence-electron chi connectivity index (χ2n) is 4.33. The van der Waals surface area contributed by atoms with E-state index in [4.69, 9.17) is 5.11 Å². The summed E-state index contributed by atoms with van der Waals surface area (Å²) in [5.41, 5.74) is 2.89. The van der Waals surface area contributed by atoms with Gasteiger partial charge in [0.15, 0.2) is 0 Å². The molecule has 0 saturated carbocycles. The Balaban J connectivity index is 2.23. The second-order valence-corrected chi connectivity index (χ2v) is 4.33. The molecule has 0 atom stereocenters. The highest BCUT2D eigenvalue weighted by Crippen LogP contribution is 2.21. The largest absolute Gasteiger partial charge is 0.396 e. The highest BCUT2D eigenvalue weighted by molar-refractivity contribution is 5.59. The lowest BCUT2D eigenvalue weighted by molar-refractivity contribution is 0.280. The monoisotopic (exact) mass is 248 g/mol. The summed E-state index contributed by atoms with van der Waals surface area (Å²) in [6.07, 6.45) is 1.65. The van der Waals surface area contributed by atoms with Gasteiger partial charge in [-0.1, -0.05) is 0 Å². The predicted molar refractivity (Wildman–Crippen MR) is 68.7 cm³/mol. The average molecular weight is 248 g/mol. The molecule has 0 saturated heterocycles. The van der Waals surface area contributed by atoms with Gasteiger partial charge in [-0.2, -0.15) is 5.10 Å². The van der Waals surface area contributed by atoms with Crippen LogP contribution in [0.2, 0.25) is 0 Å². The summed E-state index contributed by atoms with van der Waals surface area (Å²) in [6, 6.07) is 8.42. The van der Waals surface area contributed by atoms with Crippen molar-refractivity contribution < 1.29 is 9.50 Å². The van der Waals surface area contributed by atoms with Crippen LogP contribution in [0.1, 0.15) is 18.5 Å². The van der Waals surface area contributed by atoms with Gasteiger partial charge in [-0.25, -0.2) is 4.39 Å². The number of aryl methyl sites for hydroxylation is 2. The van der Waals surface area contributed by atoms with Crippen molar-refractivity contribution in [3.8, 4) is 11.3 Å². The summed E-state index contributed by atoms with van der Waals surface area (Å²) in [5, 5.41) is 13.2. The summed E-state index contributed by atoms with van der Waals surface area (Å²) < 4.78 is 14.8. The van der Waals surface area contributed by atoms with Crippen LogP contribution in [-0.4, -0.2) is 21.5 Å². The normalized spacial score (nSPS) is 10.8. The molecule has 0 radical (unpaired) electrons. The van der Waals surface area contributed by atoms with Gasteiger partial charge < -0.3 is 5.11 Å². The molecule has 2 rings (SSSR count). The molecule has 0 aliphatic heterocycles. The molecule has 2 aromatic rings. The van der Waals surface area contributed by atoms with Crippen LogP contribution in [0.3, 0.4) is 0 Å². The van der Waals surface area contributed by atoms with Crippen molar-refractivity contribution in [2.24, 2.45) is 0 Å². The third kappa shape index (κ3) is 2.96. The Bertz CT molecular complexity index is 505. The fraction of sp³-hybridized carbons (Fsp3) is 0.357. The Kier molecular flexibility index (Phi) is 4.10. The number of benzene rings is 1. The molecule has 96 valence electrons. The zero-order valence-electron chi connectivity index (χ0n) is 10.4. The van der Waals surface area contributed by atoms with Gasteiger partial charge in [0.2, 0.25) is 0 Å². The van der Waals surface area contributed by atoms with Crippen LogP contribution in [-0.2, 0) is 6.54 Å². The number of aliphatic hydroxyl groups is 1. The van der Waals surface area contributed by atoms with Crippen molar-refractivity contribution >= 4 is 0 Å². The Morgan fingerprint density at radius 3 is 2.61 bits per heavy atom. The smallest absolute Gasteiger partial charge is 0.123 e. The quantitative estimate of drug-likeness (QED) is 0.826. The third-order valence-electron chi connectivity index (χ3n) is 2.82. The van der Waals surface area contributed by atoms with Crippen molar-refractivity contribution in [1.82, 2.24) is 9.78 Å². The van der Waals surface area contributed by atoms with Crippen LogP contribution in [0.4, 0.5) is 4.39 Å². The molecule has 3 nitrogen and oxygen atoms in total. The minimum atomic E-state index is -0.234. The highest BCUT2D eigenvalue weighted by Gasteiger charge is 2.07. The fourth-order valence-electron chi connectivity index (χ4n) is 1.94. The molecule has 1 aromatic carbocycles. The maximum absolute atomic E-state index is 12.9. The maximum Gasteiger partial charge on any atom is 0.123 e. The Hall–Kier alpha value is -1.68. The lowest BCUT2D eigenvalue weighted by atomic mass is 10.1. The summed E-state index contributed by atoms with van der Waals surface area (Å²) in [4.78, 5) is 0. The van der Waals surface area contributed by atoms with E-state index >= 15 is 0 Å². The molecule has 1 N–H and O–H groups in total. The minimum absolute atomic E-state index is 0.201. The molecule has 0 aliphatic rings. The van der Waals surface area contributed by atoms with Gasteiger partial charge in [0.25, 0.3) is 0 Å². The van der Waals surface area contributed by atoms with Gasteiger partial charge in [-0.15, -0.1) is 0 Å². The van der Waals surface area contributed by atoms with Gasteiger partial charge in [0, 0.05) is 13.2 Å². The van der Waals surface area contributed by atoms with E-state index in [0.717, 1.165) is 36.3 Å². The number of hydrogen-bond donors (Lipinski definition) is 1. The maximum atomic E-state index is 12.9. The number of unbranched alkanes of at least 4 members (excludes halogenated alkanes) is 1. The van der Waals surface area contributed by atoms with Crippen molar-refractivity contribution in [2.45, 2.75) is 26.3 Å². The van der Waals surface area contributed by atoms with E-state index in [1.807, 2.05) is 17.7 Å². The van der Waals surface area contributed by atoms with Crippen LogP contribution >= 0.6 is 0 Å². The Morgan fingerprint density at radius 1 is 1.22 bits per heavy atom. The SMILES string of the molecule is Cc1cc(-c2ccc(F)cc2)n(CCCCO)n1. The first-order valence-corrected chi connectivity index (χ1v) is 6.12. The van der Waals surface area contributed by atoms with E-state index in [0.29, 0.717) is 0 Å². The zero-order chi connectivity index (χ0) is 13.0. The minimum Gasteiger partial charge on any atom is -0.396 e. The molecular formula is C14H17FN2O. The molecule has 1 aromatic heterocycles. The van der Waals surface area contributed by atoms with E-state index in [1.54, 1.807) is 12.1 Å².